The Bertz CT molecular complexity index is 419. The summed E-state index contributed by atoms with van der Waals surface area (Å²) in [4.78, 5) is 11.6. The Hall–Kier alpha value is -1.26. The van der Waals surface area contributed by atoms with Crippen molar-refractivity contribution in [2.45, 2.75) is 25.4 Å². The molecule has 17 heavy (non-hydrogen) atoms. The van der Waals surface area contributed by atoms with Crippen molar-refractivity contribution in [2.75, 3.05) is 17.7 Å². The number of benzene rings is 1. The molecule has 0 aliphatic heterocycles. The van der Waals surface area contributed by atoms with Gasteiger partial charge >= 0.3 is 0 Å². The van der Waals surface area contributed by atoms with Crippen molar-refractivity contribution in [1.82, 2.24) is 0 Å². The highest BCUT2D eigenvalue weighted by Gasteiger charge is 2.19. The predicted octanol–water partition coefficient (Wildman–Crippen LogP) is 2.43. The Morgan fingerprint density at radius 3 is 2.94 bits per heavy atom. The number of ether oxygens (including phenoxy) is 1. The number of nitrogen functional groups attached to an aromatic ring is 1. The smallest absolute Gasteiger partial charge is 0.250 e. The molecule has 0 unspecified atom stereocenters. The second-order valence-electron chi connectivity index (χ2n) is 4.14. The molecule has 2 rings (SSSR count). The van der Waals surface area contributed by atoms with Crippen LogP contribution in [-0.2, 0) is 9.53 Å². The van der Waals surface area contributed by atoms with Gasteiger partial charge in [0.05, 0.1) is 17.5 Å². The first-order valence-electron chi connectivity index (χ1n) is 5.61. The van der Waals surface area contributed by atoms with Crippen LogP contribution in [0.3, 0.4) is 0 Å². The summed E-state index contributed by atoms with van der Waals surface area (Å²) in [6, 6.07) is 4.96. The fourth-order valence-electron chi connectivity index (χ4n) is 1.55. The number of halogens is 1. The molecule has 3 N–H and O–H groups in total. The minimum atomic E-state index is -0.203. The van der Waals surface area contributed by atoms with Crippen molar-refractivity contribution >= 4 is 28.9 Å². The molecule has 1 aliphatic rings. The number of carbonyl (C=O) groups excluding carboxylic acids is 1. The van der Waals surface area contributed by atoms with E-state index in [-0.39, 0.29) is 18.6 Å². The lowest BCUT2D eigenvalue weighted by molar-refractivity contribution is -0.124. The zero-order valence-electron chi connectivity index (χ0n) is 9.41. The van der Waals surface area contributed by atoms with Crippen molar-refractivity contribution in [3.63, 3.8) is 0 Å². The predicted molar refractivity (Wildman–Crippen MR) is 68.1 cm³/mol. The molecular formula is C12H15ClN2O2. The molecule has 1 amide bonds. The van der Waals surface area contributed by atoms with E-state index in [1.54, 1.807) is 18.2 Å². The highest BCUT2D eigenvalue weighted by molar-refractivity contribution is 6.31. The lowest BCUT2D eigenvalue weighted by Gasteiger charge is -2.25. The zero-order chi connectivity index (χ0) is 12.3. The van der Waals surface area contributed by atoms with Gasteiger partial charge in [-0.25, -0.2) is 0 Å². The van der Waals surface area contributed by atoms with Crippen molar-refractivity contribution in [1.29, 1.82) is 0 Å². The summed E-state index contributed by atoms with van der Waals surface area (Å²) in [5, 5.41) is 3.22. The molecule has 0 aromatic heterocycles. The van der Waals surface area contributed by atoms with Gasteiger partial charge in [0, 0.05) is 5.02 Å². The van der Waals surface area contributed by atoms with Gasteiger partial charge in [-0.3, -0.25) is 4.79 Å². The number of amides is 1. The maximum Gasteiger partial charge on any atom is 0.250 e. The van der Waals surface area contributed by atoms with E-state index < -0.39 is 0 Å². The average molecular weight is 255 g/mol. The first-order chi connectivity index (χ1) is 8.15. The maximum absolute atomic E-state index is 11.6. The maximum atomic E-state index is 11.6. The van der Waals surface area contributed by atoms with Gasteiger partial charge in [0.2, 0.25) is 5.91 Å². The molecule has 5 heteroatoms. The largest absolute Gasteiger partial charge is 0.397 e. The molecule has 1 aromatic rings. The van der Waals surface area contributed by atoms with Gasteiger partial charge in [-0.15, -0.1) is 0 Å². The standard InChI is InChI=1S/C12H15ClN2O2/c13-8-4-5-10(14)11(6-8)15-12(16)7-17-9-2-1-3-9/h4-6,9H,1-3,7,14H2,(H,15,16). The Labute approximate surface area is 105 Å². The Kier molecular flexibility index (Phi) is 3.86. The topological polar surface area (TPSA) is 64.3 Å². The summed E-state index contributed by atoms with van der Waals surface area (Å²) in [6.45, 7) is 0.0661. The lowest BCUT2D eigenvalue weighted by Crippen LogP contribution is -2.27. The number of carbonyl (C=O) groups is 1. The third-order valence-electron chi connectivity index (χ3n) is 2.79. The number of nitrogens with two attached hydrogens (primary N) is 1. The molecule has 1 saturated carbocycles. The molecule has 0 saturated heterocycles. The number of hydrogen-bond donors (Lipinski definition) is 2. The second kappa shape index (κ2) is 5.38. The average Bonchev–Trinajstić information content (AvgIpc) is 2.21. The van der Waals surface area contributed by atoms with Crippen LogP contribution in [0.15, 0.2) is 18.2 Å². The highest BCUT2D eigenvalue weighted by atomic mass is 35.5. The molecule has 1 aliphatic carbocycles. The van der Waals surface area contributed by atoms with E-state index in [1.165, 1.54) is 6.42 Å². The summed E-state index contributed by atoms with van der Waals surface area (Å²) in [5.74, 6) is -0.203. The SMILES string of the molecule is Nc1ccc(Cl)cc1NC(=O)COC1CCC1. The van der Waals surface area contributed by atoms with Gasteiger partial charge in [0.25, 0.3) is 0 Å². The van der Waals surface area contributed by atoms with Gasteiger partial charge in [-0.1, -0.05) is 11.6 Å². The Morgan fingerprint density at radius 2 is 2.29 bits per heavy atom. The lowest BCUT2D eigenvalue weighted by atomic mass is 9.96. The van der Waals surface area contributed by atoms with Crippen LogP contribution in [0.1, 0.15) is 19.3 Å². The van der Waals surface area contributed by atoms with Crippen LogP contribution >= 0.6 is 11.6 Å². The zero-order valence-corrected chi connectivity index (χ0v) is 10.2. The molecule has 4 nitrogen and oxygen atoms in total. The van der Waals surface area contributed by atoms with Crippen molar-refractivity contribution < 1.29 is 9.53 Å². The molecule has 1 aromatic carbocycles. The van der Waals surface area contributed by atoms with E-state index in [9.17, 15) is 4.79 Å². The van der Waals surface area contributed by atoms with Gasteiger partial charge < -0.3 is 15.8 Å². The van der Waals surface area contributed by atoms with E-state index in [0.717, 1.165) is 12.8 Å². The summed E-state index contributed by atoms with van der Waals surface area (Å²) in [5.41, 5.74) is 6.74. The van der Waals surface area contributed by atoms with E-state index in [1.807, 2.05) is 0 Å². The molecule has 0 atom stereocenters. The molecule has 0 radical (unpaired) electrons. The van der Waals surface area contributed by atoms with Crippen LogP contribution in [0.5, 0.6) is 0 Å². The summed E-state index contributed by atoms with van der Waals surface area (Å²) in [7, 11) is 0. The first kappa shape index (κ1) is 12.2. The summed E-state index contributed by atoms with van der Waals surface area (Å²) in [6.07, 6.45) is 3.53. The van der Waals surface area contributed by atoms with Crippen LogP contribution in [0.25, 0.3) is 0 Å². The van der Waals surface area contributed by atoms with Gasteiger partial charge in [-0.05, 0) is 37.5 Å². The summed E-state index contributed by atoms with van der Waals surface area (Å²) >= 11 is 5.82. The fraction of sp³-hybridized carbons (Fsp3) is 0.417. The molecule has 92 valence electrons. The molecule has 0 spiro atoms. The van der Waals surface area contributed by atoms with Crippen molar-refractivity contribution in [3.05, 3.63) is 23.2 Å². The second-order valence-corrected chi connectivity index (χ2v) is 4.58. The minimum absolute atomic E-state index is 0.0661. The highest BCUT2D eigenvalue weighted by Crippen LogP contribution is 2.24. The van der Waals surface area contributed by atoms with Crippen LogP contribution in [-0.4, -0.2) is 18.6 Å². The van der Waals surface area contributed by atoms with Gasteiger partial charge in [0.15, 0.2) is 0 Å². The van der Waals surface area contributed by atoms with Crippen LogP contribution in [0, 0.1) is 0 Å². The fourth-order valence-corrected chi connectivity index (χ4v) is 1.73. The third-order valence-corrected chi connectivity index (χ3v) is 3.03. The van der Waals surface area contributed by atoms with E-state index >= 15 is 0 Å². The molecule has 1 fully saturated rings. The van der Waals surface area contributed by atoms with E-state index in [0.29, 0.717) is 16.4 Å². The first-order valence-corrected chi connectivity index (χ1v) is 5.99. The van der Waals surface area contributed by atoms with Gasteiger partial charge in [-0.2, -0.15) is 0 Å². The third kappa shape index (κ3) is 3.35. The number of anilines is 2. The van der Waals surface area contributed by atoms with Crippen molar-refractivity contribution in [2.24, 2.45) is 0 Å². The van der Waals surface area contributed by atoms with Gasteiger partial charge in [0.1, 0.15) is 6.61 Å². The van der Waals surface area contributed by atoms with Crippen LogP contribution in [0.4, 0.5) is 11.4 Å². The number of rotatable bonds is 4. The van der Waals surface area contributed by atoms with E-state index in [2.05, 4.69) is 5.32 Å². The quantitative estimate of drug-likeness (QED) is 0.811. The molecule has 0 bridgehead atoms. The summed E-state index contributed by atoms with van der Waals surface area (Å²) < 4.78 is 5.40. The molecule has 0 heterocycles. The molecular weight excluding hydrogens is 240 g/mol. The van der Waals surface area contributed by atoms with E-state index in [4.69, 9.17) is 22.1 Å². The monoisotopic (exact) mass is 254 g/mol. The number of hydrogen-bond acceptors (Lipinski definition) is 3. The minimum Gasteiger partial charge on any atom is -0.397 e. The number of nitrogens with one attached hydrogen (secondary N) is 1. The Morgan fingerprint density at radius 1 is 1.53 bits per heavy atom. The normalized spacial score (nSPS) is 15.4. The van der Waals surface area contributed by atoms with Crippen LogP contribution < -0.4 is 11.1 Å². The van der Waals surface area contributed by atoms with Crippen LogP contribution in [0.2, 0.25) is 5.02 Å². The Balaban J connectivity index is 1.86. The van der Waals surface area contributed by atoms with Crippen molar-refractivity contribution in [3.8, 4) is 0 Å².